The lowest BCUT2D eigenvalue weighted by Crippen LogP contribution is -2.29. The third-order valence-electron chi connectivity index (χ3n) is 3.87. The summed E-state index contributed by atoms with van der Waals surface area (Å²) in [5.41, 5.74) is 9.61. The molecule has 37 heavy (non-hydrogen) atoms. The molecule has 0 spiro atoms. The van der Waals surface area contributed by atoms with E-state index in [4.69, 9.17) is 5.53 Å². The maximum atomic E-state index is 13.5. The number of amides is 1. The van der Waals surface area contributed by atoms with Crippen LogP contribution in [0, 0.1) is 5.82 Å². The number of hydrogen-bond donors (Lipinski definition) is 11. The second kappa shape index (κ2) is 22.8. The van der Waals surface area contributed by atoms with Crippen molar-refractivity contribution in [2.45, 2.75) is 18.8 Å². The molecule has 1 aliphatic rings. The summed E-state index contributed by atoms with van der Waals surface area (Å²) in [5.74, 6) is -1.56. The zero-order valence-corrected chi connectivity index (χ0v) is 20.9. The fraction of sp³-hybridized carbons (Fsp3) is 0.176. The molecule has 0 unspecified atom stereocenters. The monoisotopic (exact) mass is 552 g/mol. The molecule has 1 heterocycles. The van der Waals surface area contributed by atoms with Gasteiger partial charge in [0.1, 0.15) is 11.6 Å². The molecule has 2 aromatic carbocycles. The maximum Gasteiger partial charge on any atom is 0.573 e. The SMILES string of the molecule is N.N.N.N.N.N.N.N.N.N.N.[N-]=[N+]=C1C[C@H](c2cccc(F)c2)N(c2ccc(OC(F)(F)F)cc2)C1=O. The quantitative estimate of drug-likeness (QED) is 0.124. The zero-order chi connectivity index (χ0) is 18.9. The number of alkyl halides is 3. The fourth-order valence-corrected chi connectivity index (χ4v) is 2.81. The molecule has 3 rings (SSSR count). The van der Waals surface area contributed by atoms with E-state index >= 15 is 0 Å². The summed E-state index contributed by atoms with van der Waals surface area (Å²) in [7, 11) is 0. The van der Waals surface area contributed by atoms with Gasteiger partial charge in [0.2, 0.25) is 0 Å². The van der Waals surface area contributed by atoms with Crippen LogP contribution in [-0.4, -0.2) is 22.8 Å². The van der Waals surface area contributed by atoms with Gasteiger partial charge in [0.25, 0.3) is 0 Å². The van der Waals surface area contributed by atoms with Gasteiger partial charge in [0, 0.05) is 5.69 Å². The first-order chi connectivity index (χ1) is 12.3. The molecule has 1 atom stereocenters. The molecule has 0 aromatic heterocycles. The van der Waals surface area contributed by atoms with Crippen molar-refractivity contribution in [3.63, 3.8) is 0 Å². The van der Waals surface area contributed by atoms with Crippen molar-refractivity contribution in [3.05, 3.63) is 65.4 Å². The molecule has 0 saturated carbocycles. The molecule has 33 N–H and O–H groups in total. The molecule has 1 amide bonds. The van der Waals surface area contributed by atoms with Gasteiger partial charge in [0.05, 0.1) is 12.5 Å². The van der Waals surface area contributed by atoms with E-state index in [2.05, 4.69) is 9.53 Å². The number of rotatable bonds is 3. The minimum absolute atomic E-state index is 0. The first-order valence-electron chi connectivity index (χ1n) is 7.44. The highest BCUT2D eigenvalue weighted by Gasteiger charge is 2.44. The Bertz CT molecular complexity index is 912. The molecular formula is C17H44F4N14O2. The van der Waals surface area contributed by atoms with Crippen LogP contribution in [0.2, 0.25) is 0 Å². The number of nitrogens with zero attached hydrogens (tertiary/aromatic N) is 3. The topological polar surface area (TPSA) is 451 Å². The van der Waals surface area contributed by atoms with E-state index in [0.717, 1.165) is 12.1 Å². The number of hydrogen-bond acceptors (Lipinski definition) is 13. The Hall–Kier alpha value is -3.63. The van der Waals surface area contributed by atoms with Crippen molar-refractivity contribution < 1.29 is 31.9 Å². The molecule has 1 aliphatic heterocycles. The molecule has 20 heteroatoms. The smallest absolute Gasteiger partial charge is 0.406 e. The van der Waals surface area contributed by atoms with Crippen LogP contribution in [0.15, 0.2) is 48.5 Å². The van der Waals surface area contributed by atoms with E-state index in [1.165, 1.54) is 35.2 Å². The molecule has 1 saturated heterocycles. The van der Waals surface area contributed by atoms with Crippen LogP contribution >= 0.6 is 0 Å². The van der Waals surface area contributed by atoms with E-state index in [9.17, 15) is 22.4 Å². The van der Waals surface area contributed by atoms with Crippen LogP contribution in [0.1, 0.15) is 18.0 Å². The Kier molecular flexibility index (Phi) is 36.3. The molecule has 0 aliphatic carbocycles. The molecular weight excluding hydrogens is 508 g/mol. The Balaban J connectivity index is -0.000000102. The van der Waals surface area contributed by atoms with Gasteiger partial charge < -0.3 is 77.9 Å². The molecule has 0 bridgehead atoms. The van der Waals surface area contributed by atoms with Crippen molar-refractivity contribution in [2.75, 3.05) is 4.90 Å². The number of carbonyl (C=O) groups is 1. The Morgan fingerprint density at radius 2 is 1.32 bits per heavy atom. The van der Waals surface area contributed by atoms with Gasteiger partial charge in [-0.3, -0.25) is 9.69 Å². The second-order valence-electron chi connectivity index (χ2n) is 5.54. The summed E-state index contributed by atoms with van der Waals surface area (Å²) >= 11 is 0. The van der Waals surface area contributed by atoms with E-state index in [0.29, 0.717) is 5.56 Å². The summed E-state index contributed by atoms with van der Waals surface area (Å²) in [6.07, 6.45) is -4.80. The number of benzene rings is 2. The first-order valence-corrected chi connectivity index (χ1v) is 7.44. The van der Waals surface area contributed by atoms with E-state index in [1.54, 1.807) is 6.07 Å². The lowest BCUT2D eigenvalue weighted by Gasteiger charge is -2.24. The van der Waals surface area contributed by atoms with Crippen molar-refractivity contribution in [1.82, 2.24) is 67.7 Å². The van der Waals surface area contributed by atoms with Crippen LogP contribution < -0.4 is 77.3 Å². The number of halogens is 4. The third-order valence-corrected chi connectivity index (χ3v) is 3.87. The molecule has 1 fully saturated rings. The molecule has 0 radical (unpaired) electrons. The van der Waals surface area contributed by atoms with Crippen LogP contribution in [0.3, 0.4) is 0 Å². The van der Waals surface area contributed by atoms with Crippen molar-refractivity contribution in [1.29, 1.82) is 0 Å². The lowest BCUT2D eigenvalue weighted by molar-refractivity contribution is -0.274. The van der Waals surface area contributed by atoms with Crippen molar-refractivity contribution in [2.24, 2.45) is 0 Å². The van der Waals surface area contributed by atoms with Gasteiger partial charge in [-0.05, 0) is 42.0 Å². The molecule has 222 valence electrons. The summed E-state index contributed by atoms with van der Waals surface area (Å²) in [6.45, 7) is 0. The van der Waals surface area contributed by atoms with Gasteiger partial charge in [-0.25, -0.2) is 4.39 Å². The highest BCUT2D eigenvalue weighted by atomic mass is 19.4. The van der Waals surface area contributed by atoms with Gasteiger partial charge >= 0.3 is 18.0 Å². The predicted molar refractivity (Wildman–Crippen MR) is 138 cm³/mol. The van der Waals surface area contributed by atoms with E-state index < -0.39 is 29.9 Å². The summed E-state index contributed by atoms with van der Waals surface area (Å²) < 4.78 is 54.1. The second-order valence-corrected chi connectivity index (χ2v) is 5.54. The standard InChI is InChI=1S/C17H11F4N3O2.11H3N/c18-11-3-1-2-10(8-11)15-9-14(23-22)16(25)24(15)12-4-6-13(7-5-12)26-17(19,20)21;;;;;;;;;;;/h1-8,15H,9H2;11*1H3/t15-;;;;;;;;;;;/m1.........../s1. The summed E-state index contributed by atoms with van der Waals surface area (Å²) in [5, 5.41) is 0. The van der Waals surface area contributed by atoms with Crippen LogP contribution in [-0.2, 0) is 4.79 Å². The third kappa shape index (κ3) is 13.3. The highest BCUT2D eigenvalue weighted by molar-refractivity contribution is 6.44. The van der Waals surface area contributed by atoms with Crippen LogP contribution in [0.4, 0.5) is 23.2 Å². The number of anilines is 1. The summed E-state index contributed by atoms with van der Waals surface area (Å²) in [6, 6.07) is 9.58. The van der Waals surface area contributed by atoms with Crippen LogP contribution in [0.25, 0.3) is 5.53 Å². The predicted octanol–water partition coefficient (Wildman–Crippen LogP) is 5.66. The highest BCUT2D eigenvalue weighted by Crippen LogP contribution is 2.36. The average molecular weight is 553 g/mol. The summed E-state index contributed by atoms with van der Waals surface area (Å²) in [4.78, 5) is 16.7. The largest absolute Gasteiger partial charge is 0.573 e. The van der Waals surface area contributed by atoms with Gasteiger partial charge in [-0.1, -0.05) is 12.1 Å². The van der Waals surface area contributed by atoms with Gasteiger partial charge in [0.15, 0.2) is 0 Å². The molecule has 2 aromatic rings. The first kappa shape index (κ1) is 58.9. The maximum absolute atomic E-state index is 13.5. The minimum Gasteiger partial charge on any atom is -0.406 e. The number of ether oxygens (including phenoxy) is 1. The normalized spacial score (nSPS) is 12.2. The Morgan fingerprint density at radius 1 is 0.838 bits per heavy atom. The minimum atomic E-state index is -4.83. The molecule has 16 nitrogen and oxygen atoms in total. The fourth-order valence-electron chi connectivity index (χ4n) is 2.81. The van der Waals surface area contributed by atoms with E-state index in [-0.39, 0.29) is 85.5 Å². The Morgan fingerprint density at radius 3 is 1.73 bits per heavy atom. The van der Waals surface area contributed by atoms with Crippen LogP contribution in [0.5, 0.6) is 5.75 Å². The Labute approximate surface area is 212 Å². The van der Waals surface area contributed by atoms with E-state index in [1.807, 2.05) is 0 Å². The average Bonchev–Trinajstić information content (AvgIpc) is 2.91. The number of carbonyl (C=O) groups excluding carboxylic acids is 1. The lowest BCUT2D eigenvalue weighted by atomic mass is 10.0. The van der Waals surface area contributed by atoms with Crippen molar-refractivity contribution in [3.8, 4) is 5.75 Å². The van der Waals surface area contributed by atoms with Gasteiger partial charge in [-0.2, -0.15) is 4.79 Å². The zero-order valence-electron chi connectivity index (χ0n) is 20.9. The van der Waals surface area contributed by atoms with Gasteiger partial charge in [-0.15, -0.1) is 13.2 Å². The van der Waals surface area contributed by atoms with Crippen molar-refractivity contribution >= 4 is 17.3 Å².